The Kier molecular flexibility index (Phi) is 5.29. The van der Waals surface area contributed by atoms with Crippen molar-refractivity contribution < 1.29 is 9.18 Å². The van der Waals surface area contributed by atoms with Crippen LogP contribution < -0.4 is 11.2 Å². The smallest absolute Gasteiger partial charge is 0.238 e. The molecule has 0 radical (unpaired) electrons. The van der Waals surface area contributed by atoms with Crippen molar-refractivity contribution in [3.05, 3.63) is 77.4 Å². The van der Waals surface area contributed by atoms with E-state index < -0.39 is 5.25 Å². The van der Waals surface area contributed by atoms with Crippen molar-refractivity contribution in [2.75, 3.05) is 5.84 Å². The summed E-state index contributed by atoms with van der Waals surface area (Å²) in [4.78, 5) is 12.8. The van der Waals surface area contributed by atoms with Crippen molar-refractivity contribution in [2.45, 2.75) is 35.7 Å². The van der Waals surface area contributed by atoms with Gasteiger partial charge in [-0.25, -0.2) is 9.07 Å². The lowest BCUT2D eigenvalue weighted by Gasteiger charge is -2.16. The number of hydrogen-bond acceptors (Lipinski definition) is 5. The second-order valence-electron chi connectivity index (χ2n) is 6.73. The number of aromatic nitrogens is 3. The number of hydrogen-bond donors (Lipinski definition) is 2. The van der Waals surface area contributed by atoms with Gasteiger partial charge in [0.15, 0.2) is 5.82 Å². The Morgan fingerprint density at radius 1 is 1.18 bits per heavy atom. The van der Waals surface area contributed by atoms with Gasteiger partial charge in [0.2, 0.25) is 11.1 Å². The van der Waals surface area contributed by atoms with Crippen molar-refractivity contribution in [1.29, 1.82) is 0 Å². The molecule has 1 heterocycles. The molecule has 1 fully saturated rings. The fraction of sp³-hybridized carbons (Fsp3) is 0.250. The monoisotopic (exact) mass is 397 g/mol. The predicted octanol–water partition coefficient (Wildman–Crippen LogP) is 2.83. The third-order valence-electron chi connectivity index (χ3n) is 4.53. The van der Waals surface area contributed by atoms with Crippen molar-refractivity contribution in [3.8, 4) is 0 Å². The highest BCUT2D eigenvalue weighted by atomic mass is 32.2. The van der Waals surface area contributed by atoms with Crippen LogP contribution >= 0.6 is 11.8 Å². The number of benzene rings is 2. The van der Waals surface area contributed by atoms with Crippen LogP contribution in [0.1, 0.15) is 35.0 Å². The van der Waals surface area contributed by atoms with Crippen molar-refractivity contribution in [3.63, 3.8) is 0 Å². The first-order valence-electron chi connectivity index (χ1n) is 9.06. The molecule has 6 nitrogen and oxygen atoms in total. The predicted molar refractivity (Wildman–Crippen MR) is 106 cm³/mol. The van der Waals surface area contributed by atoms with Gasteiger partial charge in [-0.1, -0.05) is 60.3 Å². The zero-order chi connectivity index (χ0) is 19.5. The summed E-state index contributed by atoms with van der Waals surface area (Å²) in [6, 6.07) is 16.2. The Hall–Kier alpha value is -2.87. The first-order chi connectivity index (χ1) is 13.6. The number of halogens is 1. The number of rotatable bonds is 7. The Bertz CT molecular complexity index is 974. The summed E-state index contributed by atoms with van der Waals surface area (Å²) < 4.78 is 15.3. The van der Waals surface area contributed by atoms with Gasteiger partial charge in [0, 0.05) is 12.5 Å². The molecule has 3 aromatic rings. The highest BCUT2D eigenvalue weighted by Gasteiger charge is 2.30. The molecule has 1 saturated carbocycles. The molecular weight excluding hydrogens is 377 g/mol. The molecule has 1 aliphatic carbocycles. The van der Waals surface area contributed by atoms with Crippen LogP contribution in [-0.2, 0) is 11.2 Å². The highest BCUT2D eigenvalue weighted by molar-refractivity contribution is 8.00. The van der Waals surface area contributed by atoms with Crippen molar-refractivity contribution in [2.24, 2.45) is 0 Å². The fourth-order valence-corrected chi connectivity index (χ4v) is 3.82. The van der Waals surface area contributed by atoms with Gasteiger partial charge in [-0.05, 0) is 30.0 Å². The summed E-state index contributed by atoms with van der Waals surface area (Å²) in [5.41, 5.74) is 1.36. The van der Waals surface area contributed by atoms with Gasteiger partial charge in [0.05, 0.1) is 0 Å². The molecule has 28 heavy (non-hydrogen) atoms. The van der Waals surface area contributed by atoms with E-state index in [0.29, 0.717) is 16.5 Å². The van der Waals surface area contributed by atoms with Gasteiger partial charge in [0.1, 0.15) is 11.1 Å². The zero-order valence-corrected chi connectivity index (χ0v) is 15.9. The van der Waals surface area contributed by atoms with E-state index >= 15 is 0 Å². The molecule has 0 bridgehead atoms. The van der Waals surface area contributed by atoms with Crippen LogP contribution in [0, 0.1) is 5.82 Å². The quantitative estimate of drug-likeness (QED) is 0.473. The molecule has 1 amide bonds. The van der Waals surface area contributed by atoms with Crippen LogP contribution in [0.15, 0.2) is 59.8 Å². The minimum atomic E-state index is -0.491. The summed E-state index contributed by atoms with van der Waals surface area (Å²) in [5.74, 6) is 6.20. The van der Waals surface area contributed by atoms with Crippen molar-refractivity contribution >= 4 is 17.7 Å². The number of carbonyl (C=O) groups is 1. The molecular formula is C20H20FN5OS. The fourth-order valence-electron chi connectivity index (χ4n) is 2.83. The second-order valence-corrected chi connectivity index (χ2v) is 7.80. The normalized spacial score (nSPS) is 14.6. The molecule has 0 unspecified atom stereocenters. The molecule has 0 spiro atoms. The Labute approximate surface area is 166 Å². The van der Waals surface area contributed by atoms with E-state index in [9.17, 15) is 9.18 Å². The Balaban J connectivity index is 1.56. The van der Waals surface area contributed by atoms with E-state index in [2.05, 4.69) is 15.5 Å². The minimum Gasteiger partial charge on any atom is -0.352 e. The molecule has 4 rings (SSSR count). The molecule has 0 aliphatic heterocycles. The van der Waals surface area contributed by atoms with E-state index in [1.54, 1.807) is 18.2 Å². The summed E-state index contributed by atoms with van der Waals surface area (Å²) in [6.45, 7) is 0. The number of carbonyl (C=O) groups excluding carboxylic acids is 1. The molecule has 1 aliphatic rings. The standard InChI is InChI=1S/C20H20FN5OS/c21-16-9-5-4-8-14(16)12-17-24-25-20(26(17)22)28-18(13-6-2-1-3-7-13)19(27)23-15-10-11-15/h1-9,15,18H,10-12,22H2,(H,23,27)/t18-/m0/s1. The van der Waals surface area contributed by atoms with Crippen LogP contribution in [0.5, 0.6) is 0 Å². The maximum Gasteiger partial charge on any atom is 0.238 e. The average Bonchev–Trinajstić information content (AvgIpc) is 3.46. The van der Waals surface area contributed by atoms with E-state index in [1.165, 1.54) is 22.5 Å². The lowest BCUT2D eigenvalue weighted by atomic mass is 10.1. The van der Waals surface area contributed by atoms with E-state index in [4.69, 9.17) is 5.84 Å². The topological polar surface area (TPSA) is 85.8 Å². The van der Waals surface area contributed by atoms with Gasteiger partial charge in [-0.2, -0.15) is 0 Å². The maximum absolute atomic E-state index is 13.9. The van der Waals surface area contributed by atoms with E-state index in [-0.39, 0.29) is 24.2 Å². The average molecular weight is 397 g/mol. The van der Waals surface area contributed by atoms with Gasteiger partial charge in [-0.3, -0.25) is 4.79 Å². The van der Waals surface area contributed by atoms with E-state index in [0.717, 1.165) is 18.4 Å². The van der Waals surface area contributed by atoms with Crippen LogP contribution in [-0.4, -0.2) is 26.8 Å². The first kappa shape index (κ1) is 18.5. The minimum absolute atomic E-state index is 0.0719. The number of thioether (sulfide) groups is 1. The third kappa shape index (κ3) is 4.17. The number of nitrogens with zero attached hydrogens (tertiary/aromatic N) is 3. The Morgan fingerprint density at radius 3 is 2.61 bits per heavy atom. The SMILES string of the molecule is Nn1c(Cc2ccccc2F)nnc1S[C@H](C(=O)NC1CC1)c1ccccc1. The molecule has 3 N–H and O–H groups in total. The second kappa shape index (κ2) is 8.02. The molecule has 144 valence electrons. The third-order valence-corrected chi connectivity index (χ3v) is 5.74. The van der Waals surface area contributed by atoms with Crippen molar-refractivity contribution in [1.82, 2.24) is 20.2 Å². The van der Waals surface area contributed by atoms with Gasteiger partial charge in [0.25, 0.3) is 0 Å². The van der Waals surface area contributed by atoms with Gasteiger partial charge in [-0.15, -0.1) is 10.2 Å². The lowest BCUT2D eigenvalue weighted by molar-refractivity contribution is -0.120. The van der Waals surface area contributed by atoms with Crippen LogP contribution in [0.2, 0.25) is 0 Å². The number of nitrogens with two attached hydrogens (primary N) is 1. The molecule has 8 heteroatoms. The molecule has 2 aromatic carbocycles. The van der Waals surface area contributed by atoms with Crippen LogP contribution in [0.3, 0.4) is 0 Å². The highest BCUT2D eigenvalue weighted by Crippen LogP contribution is 2.35. The van der Waals surface area contributed by atoms with Crippen LogP contribution in [0.25, 0.3) is 0 Å². The summed E-state index contributed by atoms with van der Waals surface area (Å²) in [6.07, 6.45) is 2.25. The van der Waals surface area contributed by atoms with Gasteiger partial charge >= 0.3 is 0 Å². The largest absolute Gasteiger partial charge is 0.352 e. The number of nitrogens with one attached hydrogen (secondary N) is 1. The lowest BCUT2D eigenvalue weighted by Crippen LogP contribution is -2.30. The first-order valence-corrected chi connectivity index (χ1v) is 9.94. The van der Waals surface area contributed by atoms with Gasteiger partial charge < -0.3 is 11.2 Å². The van der Waals surface area contributed by atoms with Crippen LogP contribution in [0.4, 0.5) is 4.39 Å². The van der Waals surface area contributed by atoms with E-state index in [1.807, 2.05) is 30.3 Å². The molecule has 1 aromatic heterocycles. The number of amides is 1. The maximum atomic E-state index is 13.9. The summed E-state index contributed by atoms with van der Waals surface area (Å²) in [5, 5.41) is 11.2. The number of nitrogen functional groups attached to an aromatic ring is 1. The zero-order valence-electron chi connectivity index (χ0n) is 15.1. The molecule has 0 saturated heterocycles. The summed E-state index contributed by atoms with van der Waals surface area (Å²) in [7, 11) is 0. The molecule has 1 atom stereocenters. The summed E-state index contributed by atoms with van der Waals surface area (Å²) >= 11 is 1.24. The Morgan fingerprint density at radius 2 is 1.89 bits per heavy atom.